The predicted octanol–water partition coefficient (Wildman–Crippen LogP) is 4.95. The van der Waals surface area contributed by atoms with Gasteiger partial charge in [-0.05, 0) is 47.4 Å². The van der Waals surface area contributed by atoms with Crippen LogP contribution in [0.5, 0.6) is 0 Å². The molecule has 0 saturated heterocycles. The highest BCUT2D eigenvalue weighted by atomic mass is 32.2. The Bertz CT molecular complexity index is 1040. The van der Waals surface area contributed by atoms with E-state index >= 15 is 0 Å². The topological polar surface area (TPSA) is 63.2 Å². The van der Waals surface area contributed by atoms with Gasteiger partial charge in [-0.3, -0.25) is 4.79 Å². The Morgan fingerprint density at radius 2 is 1.65 bits per heavy atom. The SMILES string of the molecule is CCCc1ccc(C(NC(=O)CS(=O)(=O)CCCc2ccccc2)c2cccs2)cc1. The number of benzene rings is 2. The lowest BCUT2D eigenvalue weighted by atomic mass is 10.0. The maximum atomic E-state index is 12.7. The summed E-state index contributed by atoms with van der Waals surface area (Å²) in [6.07, 6.45) is 3.28. The minimum Gasteiger partial charge on any atom is -0.343 e. The molecule has 0 fully saturated rings. The summed E-state index contributed by atoms with van der Waals surface area (Å²) >= 11 is 1.55. The van der Waals surface area contributed by atoms with Crippen molar-refractivity contribution in [3.05, 3.63) is 93.7 Å². The molecule has 2 aromatic carbocycles. The third-order valence-electron chi connectivity index (χ3n) is 5.10. The first-order valence-corrected chi connectivity index (χ1v) is 13.3. The standard InChI is InChI=1S/C25H29NO3S2/c1-2-8-20-13-15-22(16-14-20)25(23-12-6-17-30-23)26-24(27)19-31(28,29)18-7-11-21-9-4-3-5-10-21/h3-6,9-10,12-17,25H,2,7-8,11,18-19H2,1H3,(H,26,27). The molecule has 0 spiro atoms. The molecule has 1 heterocycles. The van der Waals surface area contributed by atoms with Gasteiger partial charge >= 0.3 is 0 Å². The van der Waals surface area contributed by atoms with Gasteiger partial charge in [0.1, 0.15) is 5.75 Å². The molecule has 31 heavy (non-hydrogen) atoms. The molecule has 1 unspecified atom stereocenters. The summed E-state index contributed by atoms with van der Waals surface area (Å²) in [5.74, 6) is -0.946. The molecule has 1 atom stereocenters. The number of nitrogens with one attached hydrogen (secondary N) is 1. The van der Waals surface area contributed by atoms with Crippen molar-refractivity contribution in [1.82, 2.24) is 5.32 Å². The fraction of sp³-hybridized carbons (Fsp3) is 0.320. The molecule has 4 nitrogen and oxygen atoms in total. The van der Waals surface area contributed by atoms with E-state index in [1.165, 1.54) is 5.56 Å². The molecule has 1 N–H and O–H groups in total. The van der Waals surface area contributed by atoms with Gasteiger partial charge in [-0.15, -0.1) is 11.3 Å². The van der Waals surface area contributed by atoms with Crippen molar-refractivity contribution in [2.24, 2.45) is 0 Å². The Balaban J connectivity index is 1.62. The van der Waals surface area contributed by atoms with E-state index in [1.54, 1.807) is 11.3 Å². The van der Waals surface area contributed by atoms with E-state index in [4.69, 9.17) is 0 Å². The van der Waals surface area contributed by atoms with Gasteiger partial charge < -0.3 is 5.32 Å². The fourth-order valence-electron chi connectivity index (χ4n) is 3.56. The van der Waals surface area contributed by atoms with Crippen molar-refractivity contribution in [2.45, 2.75) is 38.6 Å². The molecule has 0 saturated carbocycles. The Labute approximate surface area is 189 Å². The van der Waals surface area contributed by atoms with Crippen molar-refractivity contribution in [3.8, 4) is 0 Å². The zero-order valence-corrected chi connectivity index (χ0v) is 19.4. The summed E-state index contributed by atoms with van der Waals surface area (Å²) < 4.78 is 25.0. The quantitative estimate of drug-likeness (QED) is 0.445. The van der Waals surface area contributed by atoms with Crippen molar-refractivity contribution in [1.29, 1.82) is 0 Å². The van der Waals surface area contributed by atoms with Crippen LogP contribution in [0.15, 0.2) is 72.1 Å². The van der Waals surface area contributed by atoms with Crippen LogP contribution in [0, 0.1) is 0 Å². The average molecular weight is 456 g/mol. The Morgan fingerprint density at radius 1 is 0.935 bits per heavy atom. The summed E-state index contributed by atoms with van der Waals surface area (Å²) in [5, 5.41) is 4.90. The van der Waals surface area contributed by atoms with Crippen molar-refractivity contribution >= 4 is 27.1 Å². The first-order chi connectivity index (χ1) is 15.0. The van der Waals surface area contributed by atoms with Gasteiger partial charge in [0.05, 0.1) is 11.8 Å². The molecule has 0 aliphatic heterocycles. The van der Waals surface area contributed by atoms with Crippen LogP contribution >= 0.6 is 11.3 Å². The smallest absolute Gasteiger partial charge is 0.235 e. The lowest BCUT2D eigenvalue weighted by molar-refractivity contribution is -0.119. The van der Waals surface area contributed by atoms with Crippen LogP contribution in [0.1, 0.15) is 47.4 Å². The maximum absolute atomic E-state index is 12.7. The summed E-state index contributed by atoms with van der Waals surface area (Å²) in [6, 6.07) is 21.5. The first-order valence-electron chi connectivity index (χ1n) is 10.6. The number of sulfone groups is 1. The minimum atomic E-state index is -3.47. The van der Waals surface area contributed by atoms with Crippen LogP contribution in [0.3, 0.4) is 0 Å². The number of thiophene rings is 1. The minimum absolute atomic E-state index is 0.00466. The number of carbonyl (C=O) groups excluding carboxylic acids is 1. The largest absolute Gasteiger partial charge is 0.343 e. The van der Waals surface area contributed by atoms with Gasteiger partial charge in [0.15, 0.2) is 9.84 Å². The highest BCUT2D eigenvalue weighted by Crippen LogP contribution is 2.26. The van der Waals surface area contributed by atoms with Crippen LogP contribution in [0.25, 0.3) is 0 Å². The van der Waals surface area contributed by atoms with Gasteiger partial charge in [0, 0.05) is 4.88 Å². The monoisotopic (exact) mass is 455 g/mol. The van der Waals surface area contributed by atoms with Crippen LogP contribution < -0.4 is 5.32 Å². The van der Waals surface area contributed by atoms with Gasteiger partial charge in [-0.25, -0.2) is 8.42 Å². The van der Waals surface area contributed by atoms with Gasteiger partial charge in [0.2, 0.25) is 5.91 Å². The molecule has 0 radical (unpaired) electrons. The fourth-order valence-corrected chi connectivity index (χ4v) is 5.57. The second kappa shape index (κ2) is 11.3. The maximum Gasteiger partial charge on any atom is 0.235 e. The zero-order valence-electron chi connectivity index (χ0n) is 17.8. The van der Waals surface area contributed by atoms with Gasteiger partial charge in [0.25, 0.3) is 0 Å². The van der Waals surface area contributed by atoms with Gasteiger partial charge in [-0.2, -0.15) is 0 Å². The molecule has 1 aromatic heterocycles. The van der Waals surface area contributed by atoms with E-state index in [9.17, 15) is 13.2 Å². The number of amides is 1. The lowest BCUT2D eigenvalue weighted by Crippen LogP contribution is -2.34. The zero-order chi connectivity index (χ0) is 22.1. The number of aryl methyl sites for hydroxylation is 2. The van der Waals surface area contributed by atoms with Crippen molar-refractivity contribution in [3.63, 3.8) is 0 Å². The van der Waals surface area contributed by atoms with E-state index in [0.717, 1.165) is 28.8 Å². The highest BCUT2D eigenvalue weighted by Gasteiger charge is 2.22. The predicted molar refractivity (Wildman–Crippen MR) is 128 cm³/mol. The van der Waals surface area contributed by atoms with Crippen LogP contribution in [0.4, 0.5) is 0 Å². The van der Waals surface area contributed by atoms with Gasteiger partial charge in [-0.1, -0.05) is 74.0 Å². The summed E-state index contributed by atoms with van der Waals surface area (Å²) in [5.41, 5.74) is 3.31. The number of hydrogen-bond acceptors (Lipinski definition) is 4. The number of hydrogen-bond donors (Lipinski definition) is 1. The Hall–Kier alpha value is -2.44. The molecule has 3 aromatic rings. The van der Waals surface area contributed by atoms with Crippen molar-refractivity contribution in [2.75, 3.05) is 11.5 Å². The summed E-state index contributed by atoms with van der Waals surface area (Å²) in [7, 11) is -3.47. The second-order valence-electron chi connectivity index (χ2n) is 7.69. The van der Waals surface area contributed by atoms with Crippen LogP contribution in [-0.2, 0) is 27.5 Å². The Morgan fingerprint density at radius 3 is 2.29 bits per heavy atom. The summed E-state index contributed by atoms with van der Waals surface area (Å²) in [6.45, 7) is 2.14. The second-order valence-corrected chi connectivity index (χ2v) is 10.9. The van der Waals surface area contributed by atoms with E-state index in [-0.39, 0.29) is 11.8 Å². The highest BCUT2D eigenvalue weighted by molar-refractivity contribution is 7.92. The molecule has 0 aliphatic carbocycles. The first kappa shape index (κ1) is 23.2. The van der Waals surface area contributed by atoms with Crippen LogP contribution in [-0.4, -0.2) is 25.8 Å². The third kappa shape index (κ3) is 7.33. The van der Waals surface area contributed by atoms with E-state index < -0.39 is 21.5 Å². The van der Waals surface area contributed by atoms with E-state index in [2.05, 4.69) is 24.4 Å². The molecule has 6 heteroatoms. The average Bonchev–Trinajstić information content (AvgIpc) is 3.28. The van der Waals surface area contributed by atoms with E-state index in [1.807, 2.05) is 60.0 Å². The molecule has 0 aliphatic rings. The molecule has 3 rings (SSSR count). The van der Waals surface area contributed by atoms with E-state index in [0.29, 0.717) is 12.8 Å². The molecular formula is C25H29NO3S2. The number of rotatable bonds is 11. The molecule has 1 amide bonds. The Kier molecular flexibility index (Phi) is 8.43. The molecule has 164 valence electrons. The lowest BCUT2D eigenvalue weighted by Gasteiger charge is -2.18. The third-order valence-corrected chi connectivity index (χ3v) is 7.65. The number of carbonyl (C=O) groups is 1. The molecule has 0 bridgehead atoms. The normalized spacial score (nSPS) is 12.4. The van der Waals surface area contributed by atoms with Crippen LogP contribution in [0.2, 0.25) is 0 Å². The summed E-state index contributed by atoms with van der Waals surface area (Å²) in [4.78, 5) is 13.6. The molecular weight excluding hydrogens is 426 g/mol. The van der Waals surface area contributed by atoms with Crippen molar-refractivity contribution < 1.29 is 13.2 Å².